The Hall–Kier alpha value is -2.26. The van der Waals surface area contributed by atoms with Crippen LogP contribution in [0, 0.1) is 22.7 Å². The van der Waals surface area contributed by atoms with Gasteiger partial charge in [0.2, 0.25) is 0 Å². The number of nitriles is 2. The van der Waals surface area contributed by atoms with E-state index >= 15 is 0 Å². The van der Waals surface area contributed by atoms with Gasteiger partial charge in [-0.25, -0.2) is 0 Å². The zero-order valence-corrected chi connectivity index (χ0v) is 8.73. The molecule has 0 N–H and O–H groups in total. The fourth-order valence-corrected chi connectivity index (χ4v) is 1.15. The van der Waals surface area contributed by atoms with E-state index in [0.717, 1.165) is 11.3 Å². The number of nitrogens with zero attached hydrogens (tertiary/aromatic N) is 3. The van der Waals surface area contributed by atoms with Gasteiger partial charge in [-0.3, -0.25) is 0 Å². The van der Waals surface area contributed by atoms with Crippen LogP contribution in [0.25, 0.3) is 6.08 Å². The van der Waals surface area contributed by atoms with Gasteiger partial charge in [0.1, 0.15) is 17.7 Å². The summed E-state index contributed by atoms with van der Waals surface area (Å²) >= 11 is 0. The van der Waals surface area contributed by atoms with Gasteiger partial charge >= 0.3 is 0 Å². The highest BCUT2D eigenvalue weighted by molar-refractivity contribution is 5.65. The summed E-state index contributed by atoms with van der Waals surface area (Å²) in [4.78, 5) is 1.97. The summed E-state index contributed by atoms with van der Waals surface area (Å²) in [5, 5.41) is 17.2. The largest absolute Gasteiger partial charge is 0.378 e. The lowest BCUT2D eigenvalue weighted by atomic mass is 10.1. The number of allylic oxidation sites excluding steroid dienone is 1. The predicted octanol–water partition coefficient (Wildman–Crippen LogP) is 2.18. The maximum absolute atomic E-state index is 8.61. The first-order valence-corrected chi connectivity index (χ1v) is 4.46. The molecule has 0 bridgehead atoms. The molecule has 0 aromatic heterocycles. The molecule has 0 spiro atoms. The second-order valence-electron chi connectivity index (χ2n) is 3.27. The molecule has 1 aromatic carbocycles. The molecule has 0 aliphatic carbocycles. The van der Waals surface area contributed by atoms with Gasteiger partial charge in [0.25, 0.3) is 0 Å². The minimum Gasteiger partial charge on any atom is -0.378 e. The molecular weight excluding hydrogens is 186 g/mol. The van der Waals surface area contributed by atoms with Crippen molar-refractivity contribution >= 4 is 11.8 Å². The summed E-state index contributed by atoms with van der Waals surface area (Å²) in [6, 6.07) is 11.3. The normalized spacial score (nSPS) is 8.53. The molecule has 1 rings (SSSR count). The van der Waals surface area contributed by atoms with Gasteiger partial charge in [0.15, 0.2) is 0 Å². The molecule has 15 heavy (non-hydrogen) atoms. The lowest BCUT2D eigenvalue weighted by molar-refractivity contribution is 1.13. The third kappa shape index (κ3) is 2.86. The predicted molar refractivity (Wildman–Crippen MR) is 60.0 cm³/mol. The molecule has 0 heterocycles. The van der Waals surface area contributed by atoms with E-state index in [1.807, 2.05) is 55.4 Å². The van der Waals surface area contributed by atoms with Crippen molar-refractivity contribution in [2.45, 2.75) is 0 Å². The molecule has 1 aromatic rings. The van der Waals surface area contributed by atoms with Crippen LogP contribution in [0.1, 0.15) is 5.56 Å². The molecule has 0 aliphatic rings. The van der Waals surface area contributed by atoms with Crippen molar-refractivity contribution in [1.29, 1.82) is 10.5 Å². The highest BCUT2D eigenvalue weighted by Crippen LogP contribution is 2.15. The Morgan fingerprint density at radius 3 is 2.47 bits per heavy atom. The van der Waals surface area contributed by atoms with Gasteiger partial charge < -0.3 is 4.90 Å². The Bertz CT molecular complexity index is 442. The van der Waals surface area contributed by atoms with Crippen molar-refractivity contribution in [3.8, 4) is 12.1 Å². The van der Waals surface area contributed by atoms with Crippen LogP contribution >= 0.6 is 0 Å². The van der Waals surface area contributed by atoms with E-state index in [0.29, 0.717) is 0 Å². The van der Waals surface area contributed by atoms with Crippen molar-refractivity contribution in [1.82, 2.24) is 0 Å². The van der Waals surface area contributed by atoms with Crippen LogP contribution in [0.5, 0.6) is 0 Å². The molecule has 0 radical (unpaired) electrons. The standard InChI is InChI=1S/C12H11N3/c1-15(2)12-5-3-4-10(7-12)6-11(8-13)9-14/h3-7H,1-2H3. The minimum absolute atomic E-state index is 0.117. The van der Waals surface area contributed by atoms with E-state index in [-0.39, 0.29) is 5.57 Å². The van der Waals surface area contributed by atoms with E-state index in [4.69, 9.17) is 10.5 Å². The Morgan fingerprint density at radius 2 is 1.93 bits per heavy atom. The first kappa shape index (κ1) is 10.8. The molecule has 0 saturated heterocycles. The Labute approximate surface area is 89.5 Å². The topological polar surface area (TPSA) is 50.8 Å². The monoisotopic (exact) mass is 197 g/mol. The van der Waals surface area contributed by atoms with E-state index in [9.17, 15) is 0 Å². The maximum Gasteiger partial charge on any atom is 0.130 e. The Balaban J connectivity index is 3.08. The summed E-state index contributed by atoms with van der Waals surface area (Å²) in [7, 11) is 3.89. The zero-order chi connectivity index (χ0) is 11.3. The van der Waals surface area contributed by atoms with E-state index < -0.39 is 0 Å². The highest BCUT2D eigenvalue weighted by atomic mass is 15.1. The fraction of sp³-hybridized carbons (Fsp3) is 0.167. The average Bonchev–Trinajstić information content (AvgIpc) is 2.26. The highest BCUT2D eigenvalue weighted by Gasteiger charge is 1.97. The summed E-state index contributed by atoms with van der Waals surface area (Å²) in [5.41, 5.74) is 2.02. The first-order valence-electron chi connectivity index (χ1n) is 4.46. The van der Waals surface area contributed by atoms with E-state index in [2.05, 4.69) is 0 Å². The van der Waals surface area contributed by atoms with Crippen molar-refractivity contribution in [3.63, 3.8) is 0 Å². The van der Waals surface area contributed by atoms with Crippen LogP contribution < -0.4 is 4.90 Å². The lowest BCUT2D eigenvalue weighted by Crippen LogP contribution is -2.08. The molecule has 0 unspecified atom stereocenters. The third-order valence-electron chi connectivity index (χ3n) is 1.94. The van der Waals surface area contributed by atoms with Gasteiger partial charge in [-0.05, 0) is 23.8 Å². The number of anilines is 1. The molecular formula is C12H11N3. The second kappa shape index (κ2) is 4.83. The molecule has 74 valence electrons. The SMILES string of the molecule is CN(C)c1cccc(C=C(C#N)C#N)c1. The van der Waals surface area contributed by atoms with Crippen LogP contribution in [0.15, 0.2) is 29.8 Å². The molecule has 0 fully saturated rings. The summed E-state index contributed by atoms with van der Waals surface area (Å²) in [6.07, 6.45) is 1.58. The van der Waals surface area contributed by atoms with Gasteiger partial charge in [-0.15, -0.1) is 0 Å². The van der Waals surface area contributed by atoms with Gasteiger partial charge in [0, 0.05) is 19.8 Å². The van der Waals surface area contributed by atoms with Crippen molar-refractivity contribution in [3.05, 3.63) is 35.4 Å². The number of benzene rings is 1. The Morgan fingerprint density at radius 1 is 1.27 bits per heavy atom. The number of rotatable bonds is 2. The van der Waals surface area contributed by atoms with Crippen LogP contribution in [-0.4, -0.2) is 14.1 Å². The summed E-state index contributed by atoms with van der Waals surface area (Å²) < 4.78 is 0. The van der Waals surface area contributed by atoms with Crippen LogP contribution in [0.2, 0.25) is 0 Å². The van der Waals surface area contributed by atoms with Crippen molar-refractivity contribution < 1.29 is 0 Å². The van der Waals surface area contributed by atoms with Crippen molar-refractivity contribution in [2.75, 3.05) is 19.0 Å². The van der Waals surface area contributed by atoms with E-state index in [1.54, 1.807) is 6.08 Å². The molecule has 0 saturated carbocycles. The number of hydrogen-bond donors (Lipinski definition) is 0. The fourth-order valence-electron chi connectivity index (χ4n) is 1.15. The molecule has 0 amide bonds. The summed E-state index contributed by atoms with van der Waals surface area (Å²) in [5.74, 6) is 0. The quantitative estimate of drug-likeness (QED) is 0.683. The first-order chi connectivity index (χ1) is 7.17. The van der Waals surface area contributed by atoms with Crippen molar-refractivity contribution in [2.24, 2.45) is 0 Å². The van der Waals surface area contributed by atoms with Gasteiger partial charge in [-0.2, -0.15) is 10.5 Å². The van der Waals surface area contributed by atoms with Crippen LogP contribution in [-0.2, 0) is 0 Å². The van der Waals surface area contributed by atoms with Crippen LogP contribution in [0.3, 0.4) is 0 Å². The third-order valence-corrected chi connectivity index (χ3v) is 1.94. The van der Waals surface area contributed by atoms with Gasteiger partial charge in [-0.1, -0.05) is 12.1 Å². The second-order valence-corrected chi connectivity index (χ2v) is 3.27. The smallest absolute Gasteiger partial charge is 0.130 e. The lowest BCUT2D eigenvalue weighted by Gasteiger charge is -2.12. The summed E-state index contributed by atoms with van der Waals surface area (Å²) in [6.45, 7) is 0. The molecule has 3 nitrogen and oxygen atoms in total. The Kier molecular flexibility index (Phi) is 3.49. The molecule has 0 atom stereocenters. The zero-order valence-electron chi connectivity index (χ0n) is 8.73. The minimum atomic E-state index is 0.117. The average molecular weight is 197 g/mol. The van der Waals surface area contributed by atoms with Gasteiger partial charge in [0.05, 0.1) is 0 Å². The molecule has 3 heteroatoms. The maximum atomic E-state index is 8.61. The van der Waals surface area contributed by atoms with E-state index in [1.165, 1.54) is 0 Å². The van der Waals surface area contributed by atoms with Crippen LogP contribution in [0.4, 0.5) is 5.69 Å². The number of hydrogen-bond acceptors (Lipinski definition) is 3. The molecule has 0 aliphatic heterocycles.